The van der Waals surface area contributed by atoms with Crippen LogP contribution in [0.15, 0.2) is 42.5 Å². The lowest BCUT2D eigenvalue weighted by molar-refractivity contribution is -0.147. The van der Waals surface area contributed by atoms with Gasteiger partial charge in [0.25, 0.3) is 0 Å². The van der Waals surface area contributed by atoms with Gasteiger partial charge in [-0.05, 0) is 30.3 Å². The van der Waals surface area contributed by atoms with E-state index in [1.807, 2.05) is 0 Å². The van der Waals surface area contributed by atoms with Gasteiger partial charge in [0.2, 0.25) is 11.7 Å². The second-order valence-corrected chi connectivity index (χ2v) is 5.81. The fourth-order valence-electron chi connectivity index (χ4n) is 2.54. The lowest BCUT2D eigenvalue weighted by Crippen LogP contribution is -2.23. The predicted molar refractivity (Wildman–Crippen MR) is 91.4 cm³/mol. The number of anilines is 1. The van der Waals surface area contributed by atoms with Crippen molar-refractivity contribution >= 4 is 34.2 Å². The van der Waals surface area contributed by atoms with Crippen LogP contribution in [0.4, 0.5) is 18.9 Å². The molecule has 26 heavy (non-hydrogen) atoms. The summed E-state index contributed by atoms with van der Waals surface area (Å²) >= 11 is 5.98. The Hall–Kier alpha value is -2.74. The van der Waals surface area contributed by atoms with Gasteiger partial charge in [-0.1, -0.05) is 23.7 Å². The van der Waals surface area contributed by atoms with E-state index in [2.05, 4.69) is 10.3 Å². The minimum Gasteiger partial charge on any atom is -0.495 e. The van der Waals surface area contributed by atoms with Crippen LogP contribution in [-0.2, 0) is 17.5 Å². The smallest absolute Gasteiger partial charge is 0.449 e. The average molecular weight is 384 g/mol. The quantitative estimate of drug-likeness (QED) is 0.728. The third kappa shape index (κ3) is 3.60. The van der Waals surface area contributed by atoms with Gasteiger partial charge in [0.15, 0.2) is 0 Å². The summed E-state index contributed by atoms with van der Waals surface area (Å²) in [6.45, 7) is -0.543. The van der Waals surface area contributed by atoms with Crippen molar-refractivity contribution in [3.63, 3.8) is 0 Å². The molecule has 0 aliphatic heterocycles. The molecule has 0 aliphatic rings. The van der Waals surface area contributed by atoms with Crippen molar-refractivity contribution < 1.29 is 22.7 Å². The highest BCUT2D eigenvalue weighted by atomic mass is 35.5. The number of amides is 1. The average Bonchev–Trinajstić information content (AvgIpc) is 2.94. The molecule has 0 saturated heterocycles. The zero-order valence-corrected chi connectivity index (χ0v) is 14.2. The first-order valence-electron chi connectivity index (χ1n) is 7.45. The fourth-order valence-corrected chi connectivity index (χ4v) is 2.80. The largest absolute Gasteiger partial charge is 0.495 e. The van der Waals surface area contributed by atoms with E-state index in [0.717, 1.165) is 4.57 Å². The Morgan fingerprint density at radius 3 is 2.65 bits per heavy atom. The first kappa shape index (κ1) is 18.1. The topological polar surface area (TPSA) is 56.1 Å². The SMILES string of the molecule is COc1ccc(NC(=O)Cn2c(C(F)(F)F)nc3ccccc32)cc1Cl. The second kappa shape index (κ2) is 6.87. The van der Waals surface area contributed by atoms with Crippen LogP contribution < -0.4 is 10.1 Å². The third-order valence-electron chi connectivity index (χ3n) is 3.65. The number of halogens is 4. The number of carbonyl (C=O) groups is 1. The molecule has 0 fully saturated rings. The first-order valence-corrected chi connectivity index (χ1v) is 7.83. The van der Waals surface area contributed by atoms with Crippen molar-refractivity contribution in [3.8, 4) is 5.75 Å². The van der Waals surface area contributed by atoms with Crippen LogP contribution >= 0.6 is 11.6 Å². The molecule has 0 atom stereocenters. The van der Waals surface area contributed by atoms with E-state index in [0.29, 0.717) is 11.4 Å². The standard InChI is InChI=1S/C17H13ClF3N3O2/c1-26-14-7-6-10(8-11(14)18)22-15(25)9-24-13-5-3-2-4-12(13)23-16(24)17(19,20)21/h2-8H,9H2,1H3,(H,22,25). The molecule has 1 heterocycles. The molecule has 1 N–H and O–H groups in total. The Balaban J connectivity index is 1.88. The van der Waals surface area contributed by atoms with Gasteiger partial charge in [0.1, 0.15) is 12.3 Å². The lowest BCUT2D eigenvalue weighted by atomic mass is 10.3. The summed E-state index contributed by atoms with van der Waals surface area (Å²) in [5.41, 5.74) is 0.738. The van der Waals surface area contributed by atoms with Crippen molar-refractivity contribution in [3.05, 3.63) is 53.3 Å². The van der Waals surface area contributed by atoms with E-state index in [-0.39, 0.29) is 16.1 Å². The summed E-state index contributed by atoms with van der Waals surface area (Å²) in [4.78, 5) is 15.9. The summed E-state index contributed by atoms with van der Waals surface area (Å²) < 4.78 is 45.6. The maximum atomic E-state index is 13.3. The number of benzene rings is 2. The molecule has 0 radical (unpaired) electrons. The summed E-state index contributed by atoms with van der Waals surface area (Å²) in [7, 11) is 1.45. The molecule has 1 aromatic heterocycles. The Morgan fingerprint density at radius 1 is 1.27 bits per heavy atom. The molecule has 9 heteroatoms. The Kier molecular flexibility index (Phi) is 4.78. The number of hydrogen-bond acceptors (Lipinski definition) is 3. The molecule has 3 rings (SSSR count). The molecular formula is C17H13ClF3N3O2. The van der Waals surface area contributed by atoms with Crippen LogP contribution in [0.1, 0.15) is 5.82 Å². The highest BCUT2D eigenvalue weighted by Gasteiger charge is 2.38. The summed E-state index contributed by atoms with van der Waals surface area (Å²) in [6, 6.07) is 10.7. The number of ether oxygens (including phenoxy) is 1. The molecule has 5 nitrogen and oxygen atoms in total. The molecule has 1 amide bonds. The molecule has 0 unspecified atom stereocenters. The van der Waals surface area contributed by atoms with E-state index >= 15 is 0 Å². The number of rotatable bonds is 4. The molecule has 136 valence electrons. The van der Waals surface area contributed by atoms with Gasteiger partial charge in [-0.2, -0.15) is 13.2 Å². The van der Waals surface area contributed by atoms with Crippen LogP contribution in [0, 0.1) is 0 Å². The molecular weight excluding hydrogens is 371 g/mol. The van der Waals surface area contributed by atoms with Gasteiger partial charge >= 0.3 is 6.18 Å². The van der Waals surface area contributed by atoms with Crippen LogP contribution in [0.25, 0.3) is 11.0 Å². The van der Waals surface area contributed by atoms with Gasteiger partial charge in [0, 0.05) is 5.69 Å². The number of methoxy groups -OCH3 is 1. The summed E-state index contributed by atoms with van der Waals surface area (Å²) in [5.74, 6) is -1.34. The zero-order valence-electron chi connectivity index (χ0n) is 13.5. The van der Waals surface area contributed by atoms with Crippen molar-refractivity contribution in [2.45, 2.75) is 12.7 Å². The molecule has 0 bridgehead atoms. The van der Waals surface area contributed by atoms with Crippen molar-refractivity contribution in [2.75, 3.05) is 12.4 Å². The zero-order chi connectivity index (χ0) is 18.9. The van der Waals surface area contributed by atoms with Crippen molar-refractivity contribution in [2.24, 2.45) is 0 Å². The Labute approximate surface area is 151 Å². The van der Waals surface area contributed by atoms with Crippen LogP contribution in [-0.4, -0.2) is 22.6 Å². The van der Waals surface area contributed by atoms with Gasteiger partial charge in [0.05, 0.1) is 23.2 Å². The minimum absolute atomic E-state index is 0.167. The number of nitrogens with zero attached hydrogens (tertiary/aromatic N) is 2. The molecule has 2 aromatic carbocycles. The number of imidazole rings is 1. The molecule has 0 spiro atoms. The monoisotopic (exact) mass is 383 g/mol. The lowest BCUT2D eigenvalue weighted by Gasteiger charge is -2.12. The number of aromatic nitrogens is 2. The van der Waals surface area contributed by atoms with Gasteiger partial charge in [-0.25, -0.2) is 4.98 Å². The maximum absolute atomic E-state index is 13.3. The summed E-state index contributed by atoms with van der Waals surface area (Å²) in [6.07, 6.45) is -4.68. The van der Waals surface area contributed by atoms with Crippen LogP contribution in [0.3, 0.4) is 0 Å². The normalized spacial score (nSPS) is 11.6. The van der Waals surface area contributed by atoms with Crippen molar-refractivity contribution in [1.29, 1.82) is 0 Å². The third-order valence-corrected chi connectivity index (χ3v) is 3.94. The van der Waals surface area contributed by atoms with E-state index < -0.39 is 24.5 Å². The number of alkyl halides is 3. The second-order valence-electron chi connectivity index (χ2n) is 5.41. The van der Waals surface area contributed by atoms with E-state index in [4.69, 9.17) is 16.3 Å². The van der Waals surface area contributed by atoms with Gasteiger partial charge in [-0.3, -0.25) is 4.79 Å². The number of fused-ring (bicyclic) bond motifs is 1. The first-order chi connectivity index (χ1) is 12.3. The number of carbonyl (C=O) groups excluding carboxylic acids is 1. The van der Waals surface area contributed by atoms with Gasteiger partial charge < -0.3 is 14.6 Å². The fraction of sp³-hybridized carbons (Fsp3) is 0.176. The van der Waals surface area contributed by atoms with Crippen LogP contribution in [0.5, 0.6) is 5.75 Å². The molecule has 3 aromatic rings. The highest BCUT2D eigenvalue weighted by molar-refractivity contribution is 6.32. The highest BCUT2D eigenvalue weighted by Crippen LogP contribution is 2.32. The van der Waals surface area contributed by atoms with Gasteiger partial charge in [-0.15, -0.1) is 0 Å². The van der Waals surface area contributed by atoms with Crippen LogP contribution in [0.2, 0.25) is 5.02 Å². The molecule has 0 saturated carbocycles. The number of hydrogen-bond donors (Lipinski definition) is 1. The minimum atomic E-state index is -4.68. The van der Waals surface area contributed by atoms with E-state index in [9.17, 15) is 18.0 Å². The maximum Gasteiger partial charge on any atom is 0.449 e. The van der Waals surface area contributed by atoms with E-state index in [1.165, 1.54) is 25.3 Å². The van der Waals surface area contributed by atoms with E-state index in [1.54, 1.807) is 24.3 Å². The number of para-hydroxylation sites is 2. The summed E-state index contributed by atoms with van der Waals surface area (Å²) in [5, 5.41) is 2.79. The van der Waals surface area contributed by atoms with Crippen molar-refractivity contribution in [1.82, 2.24) is 9.55 Å². The molecule has 0 aliphatic carbocycles. The predicted octanol–water partition coefficient (Wildman–Crippen LogP) is 4.36. The Bertz CT molecular complexity index is 970. The number of nitrogens with one attached hydrogen (secondary N) is 1. The Morgan fingerprint density at radius 2 is 2.00 bits per heavy atom.